The van der Waals surface area contributed by atoms with Crippen LogP contribution in [-0.4, -0.2) is 27.9 Å². The first-order chi connectivity index (χ1) is 8.11. The molecule has 0 radical (unpaired) electrons. The Labute approximate surface area is 106 Å². The normalized spacial score (nSPS) is 24.0. The SMILES string of the molecule is Cc1nc(NN)c(C)c(SC2CCOC2C)n1. The van der Waals surface area contributed by atoms with Crippen LogP contribution in [0.15, 0.2) is 5.03 Å². The summed E-state index contributed by atoms with van der Waals surface area (Å²) in [6.45, 7) is 6.80. The Morgan fingerprint density at radius 3 is 2.76 bits per heavy atom. The maximum Gasteiger partial charge on any atom is 0.147 e. The molecule has 0 bridgehead atoms. The third-order valence-electron chi connectivity index (χ3n) is 2.92. The van der Waals surface area contributed by atoms with Gasteiger partial charge in [-0.25, -0.2) is 15.8 Å². The molecule has 94 valence electrons. The molecule has 2 rings (SSSR count). The van der Waals surface area contributed by atoms with Crippen molar-refractivity contribution >= 4 is 17.6 Å². The molecule has 1 aliphatic rings. The van der Waals surface area contributed by atoms with Gasteiger partial charge in [0.25, 0.3) is 0 Å². The van der Waals surface area contributed by atoms with Crippen molar-refractivity contribution in [2.45, 2.75) is 43.6 Å². The largest absolute Gasteiger partial charge is 0.377 e. The maximum absolute atomic E-state index is 5.56. The minimum Gasteiger partial charge on any atom is -0.377 e. The van der Waals surface area contributed by atoms with Crippen LogP contribution in [0, 0.1) is 13.8 Å². The fourth-order valence-corrected chi connectivity index (χ4v) is 3.10. The van der Waals surface area contributed by atoms with Gasteiger partial charge in [0.1, 0.15) is 16.7 Å². The van der Waals surface area contributed by atoms with Gasteiger partial charge in [-0.05, 0) is 27.2 Å². The molecule has 0 amide bonds. The van der Waals surface area contributed by atoms with E-state index in [0.29, 0.717) is 11.1 Å². The van der Waals surface area contributed by atoms with Gasteiger partial charge in [0.15, 0.2) is 0 Å². The monoisotopic (exact) mass is 254 g/mol. The van der Waals surface area contributed by atoms with Gasteiger partial charge in [0, 0.05) is 17.4 Å². The number of nitrogens with two attached hydrogens (primary N) is 1. The fraction of sp³-hybridized carbons (Fsp3) is 0.636. The van der Waals surface area contributed by atoms with E-state index in [9.17, 15) is 0 Å². The van der Waals surface area contributed by atoms with E-state index in [1.165, 1.54) is 0 Å². The van der Waals surface area contributed by atoms with Crippen LogP contribution in [0.1, 0.15) is 24.7 Å². The van der Waals surface area contributed by atoms with Crippen LogP contribution in [-0.2, 0) is 4.74 Å². The summed E-state index contributed by atoms with van der Waals surface area (Å²) in [5.74, 6) is 6.88. The molecule has 1 aromatic heterocycles. The first kappa shape index (κ1) is 12.6. The number of hydrogen-bond donors (Lipinski definition) is 2. The number of hydrogen-bond acceptors (Lipinski definition) is 6. The summed E-state index contributed by atoms with van der Waals surface area (Å²) in [7, 11) is 0. The number of anilines is 1. The van der Waals surface area contributed by atoms with Gasteiger partial charge < -0.3 is 10.2 Å². The highest BCUT2D eigenvalue weighted by atomic mass is 32.2. The molecule has 0 spiro atoms. The Kier molecular flexibility index (Phi) is 3.86. The Morgan fingerprint density at radius 1 is 1.41 bits per heavy atom. The van der Waals surface area contributed by atoms with Crippen molar-refractivity contribution in [3.63, 3.8) is 0 Å². The zero-order valence-electron chi connectivity index (χ0n) is 10.4. The van der Waals surface area contributed by atoms with Gasteiger partial charge in [0.2, 0.25) is 0 Å². The Balaban J connectivity index is 2.22. The quantitative estimate of drug-likeness (QED) is 0.485. The minimum atomic E-state index is 0.281. The third-order valence-corrected chi connectivity index (χ3v) is 4.46. The first-order valence-electron chi connectivity index (χ1n) is 5.72. The molecule has 6 heteroatoms. The van der Waals surface area contributed by atoms with Crippen LogP contribution in [0.25, 0.3) is 0 Å². The van der Waals surface area contributed by atoms with Crippen LogP contribution < -0.4 is 11.3 Å². The highest BCUT2D eigenvalue weighted by Gasteiger charge is 2.26. The van der Waals surface area contributed by atoms with E-state index in [4.69, 9.17) is 10.6 Å². The lowest BCUT2D eigenvalue weighted by Gasteiger charge is -2.15. The third kappa shape index (κ3) is 2.70. The molecule has 1 saturated heterocycles. The Hall–Kier alpha value is -0.850. The fourth-order valence-electron chi connectivity index (χ4n) is 1.87. The summed E-state index contributed by atoms with van der Waals surface area (Å²) in [6.07, 6.45) is 1.35. The number of nitrogens with one attached hydrogen (secondary N) is 1. The summed E-state index contributed by atoms with van der Waals surface area (Å²) in [5, 5.41) is 1.46. The van der Waals surface area contributed by atoms with Crippen molar-refractivity contribution < 1.29 is 4.74 Å². The average Bonchev–Trinajstić information content (AvgIpc) is 2.69. The smallest absolute Gasteiger partial charge is 0.147 e. The first-order valence-corrected chi connectivity index (χ1v) is 6.60. The van der Waals surface area contributed by atoms with E-state index in [0.717, 1.165) is 29.4 Å². The number of nitrogens with zero attached hydrogens (tertiary/aromatic N) is 2. The molecule has 0 aromatic carbocycles. The lowest BCUT2D eigenvalue weighted by molar-refractivity contribution is 0.127. The van der Waals surface area contributed by atoms with Crippen LogP contribution in [0.5, 0.6) is 0 Å². The van der Waals surface area contributed by atoms with Crippen molar-refractivity contribution in [3.8, 4) is 0 Å². The standard InChI is InChI=1S/C11H18N4OS/c1-6-10(15-12)13-8(3)14-11(6)17-9-4-5-16-7(9)2/h7,9H,4-5,12H2,1-3H3,(H,13,14,15). The molecule has 2 atom stereocenters. The number of thioether (sulfide) groups is 1. The summed E-state index contributed by atoms with van der Waals surface area (Å²) in [4.78, 5) is 8.73. The van der Waals surface area contributed by atoms with E-state index >= 15 is 0 Å². The number of aryl methyl sites for hydroxylation is 1. The summed E-state index contributed by atoms with van der Waals surface area (Å²) in [6, 6.07) is 0. The Morgan fingerprint density at radius 2 is 2.18 bits per heavy atom. The number of hydrazine groups is 1. The number of nitrogen functional groups attached to an aromatic ring is 1. The molecule has 1 aliphatic heterocycles. The van der Waals surface area contributed by atoms with E-state index in [1.807, 2.05) is 13.8 Å². The Bertz CT molecular complexity index is 413. The molecular weight excluding hydrogens is 236 g/mol. The molecule has 3 N–H and O–H groups in total. The number of rotatable bonds is 3. The van der Waals surface area contributed by atoms with Crippen LogP contribution in [0.4, 0.5) is 5.82 Å². The van der Waals surface area contributed by atoms with Gasteiger partial charge in [-0.2, -0.15) is 0 Å². The molecule has 2 heterocycles. The average molecular weight is 254 g/mol. The number of aromatic nitrogens is 2. The van der Waals surface area contributed by atoms with E-state index in [-0.39, 0.29) is 6.10 Å². The van der Waals surface area contributed by atoms with Crippen molar-refractivity contribution in [1.29, 1.82) is 0 Å². The van der Waals surface area contributed by atoms with Gasteiger partial charge in [-0.3, -0.25) is 0 Å². The van der Waals surface area contributed by atoms with Gasteiger partial charge in [-0.1, -0.05) is 11.8 Å². The lowest BCUT2D eigenvalue weighted by Crippen LogP contribution is -2.16. The topological polar surface area (TPSA) is 73.1 Å². The zero-order chi connectivity index (χ0) is 12.4. The molecule has 2 unspecified atom stereocenters. The highest BCUT2D eigenvalue weighted by Crippen LogP contribution is 2.34. The minimum absolute atomic E-state index is 0.281. The maximum atomic E-state index is 5.56. The predicted molar refractivity (Wildman–Crippen MR) is 69.0 cm³/mol. The summed E-state index contributed by atoms with van der Waals surface area (Å²) in [5.41, 5.74) is 3.62. The van der Waals surface area contributed by atoms with Gasteiger partial charge in [0.05, 0.1) is 6.10 Å². The van der Waals surface area contributed by atoms with Crippen LogP contribution in [0.3, 0.4) is 0 Å². The second kappa shape index (κ2) is 5.20. The van der Waals surface area contributed by atoms with E-state index in [1.54, 1.807) is 11.8 Å². The van der Waals surface area contributed by atoms with Crippen molar-refractivity contribution in [3.05, 3.63) is 11.4 Å². The second-order valence-corrected chi connectivity index (χ2v) is 5.44. The van der Waals surface area contributed by atoms with Crippen molar-refractivity contribution in [2.24, 2.45) is 5.84 Å². The van der Waals surface area contributed by atoms with Gasteiger partial charge >= 0.3 is 0 Å². The molecule has 0 saturated carbocycles. The summed E-state index contributed by atoms with van der Waals surface area (Å²) >= 11 is 1.76. The molecule has 5 nitrogen and oxygen atoms in total. The van der Waals surface area contributed by atoms with Crippen LogP contribution >= 0.6 is 11.8 Å². The van der Waals surface area contributed by atoms with Crippen molar-refractivity contribution in [2.75, 3.05) is 12.0 Å². The van der Waals surface area contributed by atoms with Crippen molar-refractivity contribution in [1.82, 2.24) is 9.97 Å². The number of ether oxygens (including phenoxy) is 1. The van der Waals surface area contributed by atoms with Gasteiger partial charge in [-0.15, -0.1) is 0 Å². The molecule has 1 aromatic rings. The molecule has 0 aliphatic carbocycles. The highest BCUT2D eigenvalue weighted by molar-refractivity contribution is 8.00. The molecular formula is C11H18N4OS. The second-order valence-electron chi connectivity index (χ2n) is 4.21. The molecule has 1 fully saturated rings. The lowest BCUT2D eigenvalue weighted by atomic mass is 10.3. The summed E-state index contributed by atoms with van der Waals surface area (Å²) < 4.78 is 5.56. The van der Waals surface area contributed by atoms with E-state index in [2.05, 4.69) is 22.3 Å². The predicted octanol–water partition coefficient (Wildman–Crippen LogP) is 1.65. The molecule has 17 heavy (non-hydrogen) atoms. The van der Waals surface area contributed by atoms with Crippen LogP contribution in [0.2, 0.25) is 0 Å². The van der Waals surface area contributed by atoms with E-state index < -0.39 is 0 Å². The zero-order valence-corrected chi connectivity index (χ0v) is 11.2.